The minimum Gasteiger partial charge on any atom is -0.351 e. The lowest BCUT2D eigenvalue weighted by Gasteiger charge is -2.23. The van der Waals surface area contributed by atoms with Gasteiger partial charge in [0.05, 0.1) is 17.0 Å². The number of nitrogens with zero attached hydrogens (tertiary/aromatic N) is 2. The van der Waals surface area contributed by atoms with E-state index in [-0.39, 0.29) is 28.9 Å². The molecule has 154 valence electrons. The Balaban J connectivity index is 1.91. The first-order valence-corrected chi connectivity index (χ1v) is 11.4. The molecule has 0 aliphatic carbocycles. The number of benzene rings is 1. The summed E-state index contributed by atoms with van der Waals surface area (Å²) in [7, 11) is -3.20. The van der Waals surface area contributed by atoms with Crippen molar-refractivity contribution in [3.8, 4) is 0 Å². The number of carbonyl (C=O) groups excluding carboxylic acids is 1. The van der Waals surface area contributed by atoms with E-state index in [0.29, 0.717) is 18.7 Å². The van der Waals surface area contributed by atoms with Gasteiger partial charge in [-0.25, -0.2) is 8.42 Å². The topological polar surface area (TPSA) is 81.1 Å². The van der Waals surface area contributed by atoms with Gasteiger partial charge in [0, 0.05) is 12.2 Å². The molecule has 1 aromatic carbocycles. The van der Waals surface area contributed by atoms with Gasteiger partial charge in [-0.1, -0.05) is 44.2 Å². The number of nitrogens with one attached hydrogen (secondary N) is 1. The number of amides is 1. The molecule has 0 atom stereocenters. The molecule has 28 heavy (non-hydrogen) atoms. The Bertz CT molecular complexity index is 895. The Morgan fingerprint density at radius 2 is 1.82 bits per heavy atom. The number of rotatable bonds is 8. The summed E-state index contributed by atoms with van der Waals surface area (Å²) in [6.45, 7) is 10.6. The van der Waals surface area contributed by atoms with Crippen LogP contribution in [0.5, 0.6) is 0 Å². The largest absolute Gasteiger partial charge is 0.351 e. The Labute approximate surface area is 168 Å². The first-order chi connectivity index (χ1) is 13.0. The quantitative estimate of drug-likeness (QED) is 0.682. The summed E-state index contributed by atoms with van der Waals surface area (Å²) in [6, 6.07) is 10.9. The third kappa shape index (κ3) is 6.19. The van der Waals surface area contributed by atoms with Crippen LogP contribution < -0.4 is 5.32 Å². The third-order valence-corrected chi connectivity index (χ3v) is 6.03. The molecule has 0 aliphatic rings. The van der Waals surface area contributed by atoms with Gasteiger partial charge in [0.25, 0.3) is 5.91 Å². The van der Waals surface area contributed by atoms with Crippen LogP contribution in [0.15, 0.2) is 36.4 Å². The van der Waals surface area contributed by atoms with Crippen molar-refractivity contribution in [2.24, 2.45) is 0 Å². The zero-order chi connectivity index (χ0) is 20.9. The number of sulfone groups is 1. The van der Waals surface area contributed by atoms with Crippen LogP contribution in [0.1, 0.15) is 68.7 Å². The van der Waals surface area contributed by atoms with Crippen molar-refractivity contribution >= 4 is 15.7 Å². The van der Waals surface area contributed by atoms with Crippen LogP contribution in [0.25, 0.3) is 0 Å². The van der Waals surface area contributed by atoms with Gasteiger partial charge in [-0.3, -0.25) is 9.48 Å². The fourth-order valence-electron chi connectivity index (χ4n) is 2.94. The monoisotopic (exact) mass is 405 g/mol. The van der Waals surface area contributed by atoms with Crippen molar-refractivity contribution in [3.63, 3.8) is 0 Å². The van der Waals surface area contributed by atoms with Crippen molar-refractivity contribution in [1.82, 2.24) is 15.1 Å². The van der Waals surface area contributed by atoms with Gasteiger partial charge in [-0.15, -0.1) is 0 Å². The predicted octanol–water partition coefficient (Wildman–Crippen LogP) is 3.50. The van der Waals surface area contributed by atoms with E-state index in [9.17, 15) is 13.2 Å². The molecule has 0 saturated heterocycles. The van der Waals surface area contributed by atoms with Crippen LogP contribution in [0.2, 0.25) is 0 Å². The van der Waals surface area contributed by atoms with Crippen molar-refractivity contribution in [1.29, 1.82) is 0 Å². The SMILES string of the molecule is CC(C)c1cc(C(=O)NCCCS(=O)(=O)Cc2ccccc2)nn1C(C)(C)C. The Morgan fingerprint density at radius 1 is 1.18 bits per heavy atom. The average Bonchev–Trinajstić information content (AvgIpc) is 3.05. The molecule has 0 spiro atoms. The standard InChI is InChI=1S/C21H31N3O3S/c1-16(2)19-14-18(23-24(19)21(3,4)5)20(25)22-12-9-13-28(26,27)15-17-10-7-6-8-11-17/h6-8,10-11,14,16H,9,12-13,15H2,1-5H3,(H,22,25). The fourth-order valence-corrected chi connectivity index (χ4v) is 4.37. The summed E-state index contributed by atoms with van der Waals surface area (Å²) < 4.78 is 26.3. The van der Waals surface area contributed by atoms with Gasteiger partial charge in [0.2, 0.25) is 0 Å². The van der Waals surface area contributed by atoms with Crippen LogP contribution >= 0.6 is 0 Å². The summed E-state index contributed by atoms with van der Waals surface area (Å²) in [5.41, 5.74) is 1.93. The molecule has 7 heteroatoms. The molecular weight excluding hydrogens is 374 g/mol. The number of carbonyl (C=O) groups is 1. The maximum atomic E-state index is 12.4. The maximum absolute atomic E-state index is 12.4. The Morgan fingerprint density at radius 3 is 2.36 bits per heavy atom. The van der Waals surface area contributed by atoms with Crippen molar-refractivity contribution in [2.75, 3.05) is 12.3 Å². The Kier molecular flexibility index (Phi) is 7.04. The van der Waals surface area contributed by atoms with E-state index in [4.69, 9.17) is 0 Å². The molecule has 0 aliphatic heterocycles. The van der Waals surface area contributed by atoms with Crippen LogP contribution in [0.4, 0.5) is 0 Å². The normalized spacial score (nSPS) is 12.4. The van der Waals surface area contributed by atoms with Gasteiger partial charge in [-0.2, -0.15) is 5.10 Å². The molecule has 6 nitrogen and oxygen atoms in total. The molecule has 0 bridgehead atoms. The maximum Gasteiger partial charge on any atom is 0.271 e. The third-order valence-electron chi connectivity index (χ3n) is 4.34. The molecule has 1 N–H and O–H groups in total. The van der Waals surface area contributed by atoms with E-state index >= 15 is 0 Å². The van der Waals surface area contributed by atoms with Gasteiger partial charge in [0.1, 0.15) is 5.69 Å². The Hall–Kier alpha value is -2.15. The molecule has 2 rings (SSSR count). The minimum absolute atomic E-state index is 0.0233. The van der Waals surface area contributed by atoms with E-state index in [0.717, 1.165) is 11.3 Å². The lowest BCUT2D eigenvalue weighted by atomic mass is 10.1. The second kappa shape index (κ2) is 8.90. The summed E-state index contributed by atoms with van der Waals surface area (Å²) in [6.07, 6.45) is 0.373. The first-order valence-electron chi connectivity index (χ1n) is 9.62. The molecule has 1 amide bonds. The second-order valence-corrected chi connectivity index (χ2v) is 10.6. The fraction of sp³-hybridized carbons (Fsp3) is 0.524. The highest BCUT2D eigenvalue weighted by atomic mass is 32.2. The van der Waals surface area contributed by atoms with Gasteiger partial charge in [0.15, 0.2) is 9.84 Å². The molecule has 1 aromatic heterocycles. The molecule has 0 unspecified atom stereocenters. The molecular formula is C21H31N3O3S. The lowest BCUT2D eigenvalue weighted by Crippen LogP contribution is -2.28. The molecule has 1 heterocycles. The van der Waals surface area contributed by atoms with Crippen LogP contribution in [0, 0.1) is 0 Å². The zero-order valence-electron chi connectivity index (χ0n) is 17.4. The second-order valence-electron chi connectivity index (χ2n) is 8.38. The first kappa shape index (κ1) is 22.1. The van der Waals surface area contributed by atoms with Crippen LogP contribution in [-0.2, 0) is 21.1 Å². The van der Waals surface area contributed by atoms with Crippen LogP contribution in [0.3, 0.4) is 0 Å². The summed E-state index contributed by atoms with van der Waals surface area (Å²) in [4.78, 5) is 12.4. The van der Waals surface area contributed by atoms with Crippen molar-refractivity contribution in [2.45, 2.75) is 58.2 Å². The van der Waals surface area contributed by atoms with Gasteiger partial charge < -0.3 is 5.32 Å². The van der Waals surface area contributed by atoms with E-state index < -0.39 is 9.84 Å². The highest BCUT2D eigenvalue weighted by Gasteiger charge is 2.23. The van der Waals surface area contributed by atoms with E-state index in [1.165, 1.54) is 0 Å². The van der Waals surface area contributed by atoms with Gasteiger partial charge in [-0.05, 0) is 44.7 Å². The zero-order valence-corrected chi connectivity index (χ0v) is 18.2. The van der Waals surface area contributed by atoms with Gasteiger partial charge >= 0.3 is 0 Å². The summed E-state index contributed by atoms with van der Waals surface area (Å²) in [5, 5.41) is 7.26. The molecule has 2 aromatic rings. The number of hydrogen-bond acceptors (Lipinski definition) is 4. The molecule has 0 saturated carbocycles. The summed E-state index contributed by atoms with van der Waals surface area (Å²) >= 11 is 0. The predicted molar refractivity (Wildman–Crippen MR) is 112 cm³/mol. The van der Waals surface area contributed by atoms with E-state index in [1.807, 2.05) is 49.7 Å². The van der Waals surface area contributed by atoms with Crippen molar-refractivity contribution < 1.29 is 13.2 Å². The van der Waals surface area contributed by atoms with E-state index in [1.54, 1.807) is 12.1 Å². The summed E-state index contributed by atoms with van der Waals surface area (Å²) in [5.74, 6) is 0.0347. The highest BCUT2D eigenvalue weighted by Crippen LogP contribution is 2.23. The average molecular weight is 406 g/mol. The lowest BCUT2D eigenvalue weighted by molar-refractivity contribution is 0.0947. The highest BCUT2D eigenvalue weighted by molar-refractivity contribution is 7.90. The molecule has 0 radical (unpaired) electrons. The minimum atomic E-state index is -3.20. The smallest absolute Gasteiger partial charge is 0.271 e. The van der Waals surface area contributed by atoms with E-state index in [2.05, 4.69) is 24.3 Å². The van der Waals surface area contributed by atoms with Crippen LogP contribution in [-0.4, -0.2) is 36.4 Å². The van der Waals surface area contributed by atoms with Crippen molar-refractivity contribution in [3.05, 3.63) is 53.3 Å². The number of hydrogen-bond donors (Lipinski definition) is 1. The number of aromatic nitrogens is 2. The molecule has 0 fully saturated rings.